The van der Waals surface area contributed by atoms with Crippen molar-refractivity contribution < 1.29 is 40.0 Å². The van der Waals surface area contributed by atoms with Gasteiger partial charge in [0.2, 0.25) is 0 Å². The number of hydrogen-bond donors (Lipinski definition) is 3. The van der Waals surface area contributed by atoms with E-state index in [2.05, 4.69) is 24.3 Å². The highest BCUT2D eigenvalue weighted by Crippen LogP contribution is 2.67. The summed E-state index contributed by atoms with van der Waals surface area (Å²) in [5.74, 6) is -4.38. The van der Waals surface area contributed by atoms with Gasteiger partial charge in [0.05, 0.1) is 5.69 Å². The normalized spacial score (nSPS) is 29.3. The highest BCUT2D eigenvalue weighted by molar-refractivity contribution is 7.87. The van der Waals surface area contributed by atoms with Crippen molar-refractivity contribution in [1.82, 2.24) is 0 Å². The van der Waals surface area contributed by atoms with Gasteiger partial charge in [-0.3, -0.25) is 9.27 Å². The lowest BCUT2D eigenvalue weighted by atomic mass is 9.47. The first-order valence-corrected chi connectivity index (χ1v) is 15.7. The highest BCUT2D eigenvalue weighted by atomic mass is 32.2. The van der Waals surface area contributed by atoms with Crippen LogP contribution < -0.4 is 4.72 Å². The number of allylic oxidation sites excluding steroid dienone is 1. The third-order valence-electron chi connectivity index (χ3n) is 10.0. The molecule has 0 radical (unpaired) electrons. The topological polar surface area (TPSA) is 86.6 Å². The molecule has 0 heterocycles. The Bertz CT molecular complexity index is 1200. The van der Waals surface area contributed by atoms with Crippen LogP contribution in [0.5, 0.6) is 0 Å². The van der Waals surface area contributed by atoms with Crippen LogP contribution >= 0.6 is 0 Å². The first-order valence-electron chi connectivity index (χ1n) is 14.2. The van der Waals surface area contributed by atoms with Crippen LogP contribution in [0.2, 0.25) is 0 Å². The van der Waals surface area contributed by atoms with Crippen molar-refractivity contribution >= 4 is 16.0 Å². The van der Waals surface area contributed by atoms with E-state index >= 15 is 0 Å². The number of rotatable bonds is 11. The van der Waals surface area contributed by atoms with Gasteiger partial charge in [0.25, 0.3) is 0 Å². The molecule has 0 aliphatic heterocycles. The Balaban J connectivity index is 1.51. The molecule has 3 aliphatic carbocycles. The number of aryl methyl sites for hydroxylation is 2. The van der Waals surface area contributed by atoms with Gasteiger partial charge in [-0.2, -0.15) is 30.4 Å². The predicted molar refractivity (Wildman–Crippen MR) is 144 cm³/mol. The summed E-state index contributed by atoms with van der Waals surface area (Å²) in [6.07, 6.45) is 2.41. The Morgan fingerprint density at radius 2 is 1.80 bits per heavy atom. The summed E-state index contributed by atoms with van der Waals surface area (Å²) in [5.41, 5.74) is 3.73. The first kappa shape index (κ1) is 31.2. The summed E-state index contributed by atoms with van der Waals surface area (Å²) < 4.78 is 98.7. The van der Waals surface area contributed by atoms with Gasteiger partial charge < -0.3 is 5.11 Å². The molecule has 40 heavy (non-hydrogen) atoms. The quantitative estimate of drug-likeness (QED) is 0.106. The van der Waals surface area contributed by atoms with E-state index < -0.39 is 34.9 Å². The molecule has 2 fully saturated rings. The van der Waals surface area contributed by atoms with Crippen LogP contribution in [0.15, 0.2) is 24.8 Å². The summed E-state index contributed by atoms with van der Waals surface area (Å²) in [5, 5.41) is 9.39. The fraction of sp³-hybridized carbons (Fsp3) is 0.724. The SMILES string of the molecule is C=C[C@@]12CCc3cc(NS(=O)(=O)O)cc(CCCCCCC(O)C(F)(F)C(F)(F)F)c3[C@H]1CC[C@]1(C)CCC[C@H]12. The summed E-state index contributed by atoms with van der Waals surface area (Å²) >= 11 is 0. The zero-order chi connectivity index (χ0) is 29.6. The monoisotopic (exact) mass is 593 g/mol. The Morgan fingerprint density at radius 1 is 1.10 bits per heavy atom. The van der Waals surface area contributed by atoms with Crippen molar-refractivity contribution in [2.24, 2.45) is 16.7 Å². The standard InChI is InChI=1S/C29H40F5NO4S/c1-3-27-16-12-20-18-21(35-40(37,38)39)17-19(25(20)22(27)13-15-26(2)14-8-10-23(26)27)9-6-4-5-7-11-24(36)28(30,31)29(32,33)34/h3,17-18,22-24,35-36H,1,4-16H2,2H3,(H,37,38,39)/t22-,23-,24?,26+,27-/m1/s1. The number of hydrogen-bond acceptors (Lipinski definition) is 3. The lowest BCUT2D eigenvalue weighted by Crippen LogP contribution is -2.48. The van der Waals surface area contributed by atoms with Crippen LogP contribution in [-0.2, 0) is 23.1 Å². The summed E-state index contributed by atoms with van der Waals surface area (Å²) in [7, 11) is -4.47. The van der Waals surface area contributed by atoms with E-state index in [1.807, 2.05) is 0 Å². The Hall–Kier alpha value is -1.72. The molecule has 0 saturated heterocycles. The third-order valence-corrected chi connectivity index (χ3v) is 10.5. The Labute approximate surface area is 233 Å². The molecular formula is C29H40F5NO4S. The summed E-state index contributed by atoms with van der Waals surface area (Å²) in [6, 6.07) is 3.55. The Kier molecular flexibility index (Phi) is 8.72. The molecule has 1 aromatic carbocycles. The summed E-state index contributed by atoms with van der Waals surface area (Å²) in [6.45, 7) is 6.69. The van der Waals surface area contributed by atoms with Gasteiger partial charge in [-0.25, -0.2) is 0 Å². The van der Waals surface area contributed by atoms with Crippen LogP contribution in [0.25, 0.3) is 0 Å². The van der Waals surface area contributed by atoms with Crippen molar-refractivity contribution in [2.45, 2.75) is 115 Å². The zero-order valence-corrected chi connectivity index (χ0v) is 23.7. The number of unbranched alkanes of at least 4 members (excludes halogenated alkanes) is 3. The third kappa shape index (κ3) is 5.93. The van der Waals surface area contributed by atoms with Crippen molar-refractivity contribution in [3.8, 4) is 0 Å². The highest BCUT2D eigenvalue weighted by Gasteiger charge is 2.62. The van der Waals surface area contributed by atoms with Crippen LogP contribution in [0, 0.1) is 16.7 Å². The van der Waals surface area contributed by atoms with Gasteiger partial charge in [-0.05, 0) is 109 Å². The van der Waals surface area contributed by atoms with Gasteiger partial charge in [-0.15, -0.1) is 6.58 Å². The molecule has 1 unspecified atom stereocenters. The number of nitrogens with one attached hydrogen (secondary N) is 1. The minimum atomic E-state index is -5.79. The van der Waals surface area contributed by atoms with Crippen molar-refractivity contribution in [3.05, 3.63) is 41.5 Å². The second-order valence-electron chi connectivity index (χ2n) is 12.4. The number of alkyl halides is 5. The van der Waals surface area contributed by atoms with E-state index in [0.29, 0.717) is 31.6 Å². The fourth-order valence-electron chi connectivity index (χ4n) is 8.16. The molecular weight excluding hydrogens is 553 g/mol. The molecule has 0 spiro atoms. The average molecular weight is 594 g/mol. The maximum absolute atomic E-state index is 13.3. The number of benzene rings is 1. The van der Waals surface area contributed by atoms with Crippen LogP contribution in [0.1, 0.15) is 100 Å². The molecule has 5 nitrogen and oxygen atoms in total. The lowest BCUT2D eigenvalue weighted by molar-refractivity contribution is -0.313. The first-order chi connectivity index (χ1) is 18.5. The van der Waals surface area contributed by atoms with E-state index in [-0.39, 0.29) is 28.9 Å². The van der Waals surface area contributed by atoms with Gasteiger partial charge in [0.1, 0.15) is 6.10 Å². The van der Waals surface area contributed by atoms with E-state index in [4.69, 9.17) is 0 Å². The van der Waals surface area contributed by atoms with Gasteiger partial charge in [0.15, 0.2) is 0 Å². The summed E-state index contributed by atoms with van der Waals surface area (Å²) in [4.78, 5) is 0. The van der Waals surface area contributed by atoms with E-state index in [0.717, 1.165) is 43.2 Å². The van der Waals surface area contributed by atoms with Crippen LogP contribution in [0.3, 0.4) is 0 Å². The number of aliphatic hydroxyl groups is 1. The molecule has 3 N–H and O–H groups in total. The second-order valence-corrected chi connectivity index (χ2v) is 13.5. The molecule has 11 heteroatoms. The van der Waals surface area contributed by atoms with Crippen molar-refractivity contribution in [3.63, 3.8) is 0 Å². The number of aliphatic hydroxyl groups excluding tert-OH is 1. The molecule has 2 saturated carbocycles. The minimum Gasteiger partial charge on any atom is -0.386 e. The maximum Gasteiger partial charge on any atom is 0.456 e. The maximum atomic E-state index is 13.3. The zero-order valence-electron chi connectivity index (χ0n) is 22.9. The van der Waals surface area contributed by atoms with Crippen LogP contribution in [0.4, 0.5) is 27.6 Å². The fourth-order valence-corrected chi connectivity index (χ4v) is 8.57. The molecule has 0 aromatic heterocycles. The molecule has 0 bridgehead atoms. The second kappa shape index (κ2) is 11.2. The van der Waals surface area contributed by atoms with E-state index in [9.17, 15) is 40.0 Å². The Morgan fingerprint density at radius 3 is 2.45 bits per heavy atom. The molecule has 5 atom stereocenters. The predicted octanol–water partition coefficient (Wildman–Crippen LogP) is 7.76. The van der Waals surface area contributed by atoms with Gasteiger partial charge in [0, 0.05) is 0 Å². The number of anilines is 1. The molecule has 1 aromatic rings. The minimum absolute atomic E-state index is 0.0256. The smallest absolute Gasteiger partial charge is 0.386 e. The number of halogens is 5. The average Bonchev–Trinajstić information content (AvgIpc) is 3.26. The van der Waals surface area contributed by atoms with Crippen molar-refractivity contribution in [1.29, 1.82) is 0 Å². The van der Waals surface area contributed by atoms with Gasteiger partial charge in [-0.1, -0.05) is 38.7 Å². The van der Waals surface area contributed by atoms with Crippen LogP contribution in [-0.4, -0.2) is 36.3 Å². The molecule has 4 rings (SSSR count). The lowest BCUT2D eigenvalue weighted by Gasteiger charge is -2.57. The number of fused-ring (bicyclic) bond motifs is 5. The van der Waals surface area contributed by atoms with E-state index in [1.165, 1.54) is 18.4 Å². The molecule has 0 amide bonds. The van der Waals surface area contributed by atoms with E-state index in [1.54, 1.807) is 12.1 Å². The van der Waals surface area contributed by atoms with Gasteiger partial charge >= 0.3 is 22.4 Å². The molecule has 226 valence electrons. The van der Waals surface area contributed by atoms with Crippen molar-refractivity contribution in [2.75, 3.05) is 4.72 Å². The molecule has 3 aliphatic rings. The largest absolute Gasteiger partial charge is 0.456 e.